The molecule has 2 atom stereocenters. The maximum atomic E-state index is 8.71. The number of likely N-dealkylation sites (tertiary alicyclic amines) is 1. The van der Waals surface area contributed by atoms with Crippen LogP contribution in [0.4, 0.5) is 0 Å². The Labute approximate surface area is 81.5 Å². The molecule has 13 heavy (non-hydrogen) atoms. The van der Waals surface area contributed by atoms with E-state index in [0.717, 1.165) is 6.54 Å². The summed E-state index contributed by atoms with van der Waals surface area (Å²) in [5.41, 5.74) is 0. The Kier molecular flexibility index (Phi) is 4.24. The van der Waals surface area contributed by atoms with E-state index in [0.29, 0.717) is 12.0 Å². The predicted octanol–water partition coefficient (Wildman–Crippen LogP) is 2.41. The van der Waals surface area contributed by atoms with E-state index in [4.69, 9.17) is 5.26 Å². The van der Waals surface area contributed by atoms with Crippen molar-refractivity contribution in [3.05, 3.63) is 0 Å². The van der Waals surface area contributed by atoms with Crippen molar-refractivity contribution < 1.29 is 0 Å². The number of hydrogen-bond acceptors (Lipinski definition) is 2. The summed E-state index contributed by atoms with van der Waals surface area (Å²) in [5, 5.41) is 8.71. The van der Waals surface area contributed by atoms with Gasteiger partial charge in [0.05, 0.1) is 12.0 Å². The van der Waals surface area contributed by atoms with E-state index < -0.39 is 0 Å². The van der Waals surface area contributed by atoms with Crippen LogP contribution in [0.15, 0.2) is 0 Å². The number of rotatable bonds is 5. The first kappa shape index (κ1) is 10.5. The van der Waals surface area contributed by atoms with E-state index in [2.05, 4.69) is 24.8 Å². The molecule has 2 heteroatoms. The van der Waals surface area contributed by atoms with Crippen LogP contribution in [0.1, 0.15) is 39.5 Å². The summed E-state index contributed by atoms with van der Waals surface area (Å²) in [5.74, 6) is 0.297. The summed E-state index contributed by atoms with van der Waals surface area (Å²) in [6.07, 6.45) is 5.30. The standard InChI is InChI=1S/C11H20N2/c1-3-4-5-6-7-13-9-11(8-12)10(13)2/h10-11H,3-7,9H2,1-2H3. The zero-order chi connectivity index (χ0) is 9.68. The highest BCUT2D eigenvalue weighted by Crippen LogP contribution is 2.23. The molecule has 2 nitrogen and oxygen atoms in total. The molecular weight excluding hydrogens is 160 g/mol. The van der Waals surface area contributed by atoms with E-state index in [9.17, 15) is 0 Å². The molecule has 1 heterocycles. The molecule has 0 aliphatic carbocycles. The fraction of sp³-hybridized carbons (Fsp3) is 0.909. The SMILES string of the molecule is CCCCCCN1CC(C#N)C1C. The minimum Gasteiger partial charge on any atom is -0.298 e. The lowest BCUT2D eigenvalue weighted by Crippen LogP contribution is -2.53. The lowest BCUT2D eigenvalue weighted by molar-refractivity contribution is 0.0576. The molecule has 0 N–H and O–H groups in total. The van der Waals surface area contributed by atoms with E-state index in [1.165, 1.54) is 32.2 Å². The molecule has 1 fully saturated rings. The molecule has 2 unspecified atom stereocenters. The molecule has 0 bridgehead atoms. The molecule has 0 radical (unpaired) electrons. The quantitative estimate of drug-likeness (QED) is 0.607. The molecule has 0 spiro atoms. The van der Waals surface area contributed by atoms with Crippen LogP contribution < -0.4 is 0 Å². The van der Waals surface area contributed by atoms with Gasteiger partial charge >= 0.3 is 0 Å². The van der Waals surface area contributed by atoms with Gasteiger partial charge in [0, 0.05) is 12.6 Å². The van der Waals surface area contributed by atoms with E-state index in [1.54, 1.807) is 0 Å². The second-order valence-corrected chi connectivity index (χ2v) is 4.03. The zero-order valence-electron chi connectivity index (χ0n) is 8.79. The first-order valence-electron chi connectivity index (χ1n) is 5.43. The Morgan fingerprint density at radius 2 is 2.15 bits per heavy atom. The van der Waals surface area contributed by atoms with Gasteiger partial charge in [0.1, 0.15) is 0 Å². The molecule has 0 saturated carbocycles. The van der Waals surface area contributed by atoms with E-state index in [1.807, 2.05) is 0 Å². The average Bonchev–Trinajstić information content (AvgIpc) is 2.15. The molecule has 74 valence electrons. The van der Waals surface area contributed by atoms with Crippen molar-refractivity contribution in [2.45, 2.75) is 45.6 Å². The number of nitrogens with zero attached hydrogens (tertiary/aromatic N) is 2. The van der Waals surface area contributed by atoms with Gasteiger partial charge in [-0.05, 0) is 19.9 Å². The summed E-state index contributed by atoms with van der Waals surface area (Å²) in [6.45, 7) is 6.60. The highest BCUT2D eigenvalue weighted by molar-refractivity contribution is 5.00. The minimum absolute atomic E-state index is 0.297. The summed E-state index contributed by atoms with van der Waals surface area (Å²) in [4.78, 5) is 2.42. The van der Waals surface area contributed by atoms with Gasteiger partial charge in [-0.3, -0.25) is 4.90 Å². The number of unbranched alkanes of at least 4 members (excludes halogenated alkanes) is 3. The van der Waals surface area contributed by atoms with Gasteiger partial charge in [-0.2, -0.15) is 5.26 Å². The highest BCUT2D eigenvalue weighted by atomic mass is 15.2. The molecule has 0 aromatic carbocycles. The smallest absolute Gasteiger partial charge is 0.0743 e. The Balaban J connectivity index is 2.03. The summed E-state index contributed by atoms with van der Waals surface area (Å²) in [6, 6.07) is 2.85. The van der Waals surface area contributed by atoms with Crippen molar-refractivity contribution >= 4 is 0 Å². The fourth-order valence-electron chi connectivity index (χ4n) is 1.87. The minimum atomic E-state index is 0.297. The lowest BCUT2D eigenvalue weighted by Gasteiger charge is -2.42. The third-order valence-corrected chi connectivity index (χ3v) is 3.05. The van der Waals surface area contributed by atoms with Crippen LogP contribution in [0.25, 0.3) is 0 Å². The van der Waals surface area contributed by atoms with Crippen molar-refractivity contribution in [3.8, 4) is 6.07 Å². The Morgan fingerprint density at radius 3 is 2.69 bits per heavy atom. The highest BCUT2D eigenvalue weighted by Gasteiger charge is 2.34. The second-order valence-electron chi connectivity index (χ2n) is 4.03. The molecule has 1 aliphatic rings. The van der Waals surface area contributed by atoms with E-state index >= 15 is 0 Å². The van der Waals surface area contributed by atoms with Gasteiger partial charge in [-0.15, -0.1) is 0 Å². The molecule has 1 rings (SSSR count). The zero-order valence-corrected chi connectivity index (χ0v) is 8.79. The van der Waals surface area contributed by atoms with Crippen LogP contribution in [0.3, 0.4) is 0 Å². The van der Waals surface area contributed by atoms with Crippen LogP contribution in [0.2, 0.25) is 0 Å². The van der Waals surface area contributed by atoms with Gasteiger partial charge in [-0.25, -0.2) is 0 Å². The average molecular weight is 180 g/mol. The Morgan fingerprint density at radius 1 is 1.38 bits per heavy atom. The molecule has 0 aromatic rings. The van der Waals surface area contributed by atoms with Crippen molar-refractivity contribution in [2.24, 2.45) is 5.92 Å². The van der Waals surface area contributed by atoms with Gasteiger partial charge in [0.15, 0.2) is 0 Å². The molecule has 0 aromatic heterocycles. The van der Waals surface area contributed by atoms with Crippen molar-refractivity contribution in [1.29, 1.82) is 5.26 Å². The predicted molar refractivity (Wildman–Crippen MR) is 54.3 cm³/mol. The monoisotopic (exact) mass is 180 g/mol. The van der Waals surface area contributed by atoms with Crippen LogP contribution in [0.5, 0.6) is 0 Å². The maximum absolute atomic E-state index is 8.71. The van der Waals surface area contributed by atoms with E-state index in [-0.39, 0.29) is 0 Å². The summed E-state index contributed by atoms with van der Waals surface area (Å²) < 4.78 is 0. The first-order chi connectivity index (χ1) is 6.29. The Hall–Kier alpha value is -0.550. The molecule has 1 aliphatic heterocycles. The number of hydrogen-bond donors (Lipinski definition) is 0. The van der Waals surface area contributed by atoms with Crippen LogP contribution in [0, 0.1) is 17.2 Å². The molecule has 0 amide bonds. The summed E-state index contributed by atoms with van der Waals surface area (Å²) >= 11 is 0. The maximum Gasteiger partial charge on any atom is 0.0743 e. The molecule has 1 saturated heterocycles. The van der Waals surface area contributed by atoms with Gasteiger partial charge in [-0.1, -0.05) is 26.2 Å². The van der Waals surface area contributed by atoms with Crippen LogP contribution in [-0.2, 0) is 0 Å². The topological polar surface area (TPSA) is 27.0 Å². The van der Waals surface area contributed by atoms with Crippen molar-refractivity contribution in [3.63, 3.8) is 0 Å². The Bertz CT molecular complexity index is 183. The third kappa shape index (κ3) is 2.70. The van der Waals surface area contributed by atoms with Crippen LogP contribution >= 0.6 is 0 Å². The van der Waals surface area contributed by atoms with Crippen LogP contribution in [-0.4, -0.2) is 24.0 Å². The van der Waals surface area contributed by atoms with Gasteiger partial charge in [0.2, 0.25) is 0 Å². The van der Waals surface area contributed by atoms with Crippen molar-refractivity contribution in [2.75, 3.05) is 13.1 Å². The second kappa shape index (κ2) is 5.24. The fourth-order valence-corrected chi connectivity index (χ4v) is 1.87. The van der Waals surface area contributed by atoms with Crippen molar-refractivity contribution in [1.82, 2.24) is 4.90 Å². The number of nitriles is 1. The van der Waals surface area contributed by atoms with Gasteiger partial charge in [0.25, 0.3) is 0 Å². The summed E-state index contributed by atoms with van der Waals surface area (Å²) in [7, 11) is 0. The first-order valence-corrected chi connectivity index (χ1v) is 5.43. The molecular formula is C11H20N2. The van der Waals surface area contributed by atoms with Gasteiger partial charge < -0.3 is 0 Å². The third-order valence-electron chi connectivity index (χ3n) is 3.05. The largest absolute Gasteiger partial charge is 0.298 e. The lowest BCUT2D eigenvalue weighted by atomic mass is 9.91. The normalized spacial score (nSPS) is 28.1.